The Morgan fingerprint density at radius 3 is 2.18 bits per heavy atom. The second-order valence-corrected chi connectivity index (χ2v) is 10.4. The van der Waals surface area contributed by atoms with E-state index in [4.69, 9.17) is 14.7 Å². The highest BCUT2D eigenvalue weighted by atomic mass is 32.2. The Labute approximate surface area is 174 Å². The number of hydrogen-bond donors (Lipinski definition) is 0. The van der Waals surface area contributed by atoms with Gasteiger partial charge in [-0.15, -0.1) is 22.7 Å². The topological polar surface area (TPSA) is 34.0 Å². The maximum atomic E-state index is 6.20. The van der Waals surface area contributed by atoms with E-state index in [2.05, 4.69) is 56.3 Å². The summed E-state index contributed by atoms with van der Waals surface area (Å²) in [6, 6.07) is 16.8. The minimum Gasteiger partial charge on any atom is -0.437 e. The van der Waals surface area contributed by atoms with Crippen molar-refractivity contribution >= 4 is 67.5 Å². The molecule has 0 fully saturated rings. The number of benzene rings is 2. The second-order valence-electron chi connectivity index (χ2n) is 6.77. The van der Waals surface area contributed by atoms with Crippen LogP contribution in [0.5, 0.6) is 5.75 Å². The summed E-state index contributed by atoms with van der Waals surface area (Å²) in [5, 5.41) is 3.26. The first-order valence-corrected chi connectivity index (χ1v) is 11.4. The third-order valence-electron chi connectivity index (χ3n) is 4.80. The molecule has 2 aromatic carbocycles. The molecule has 6 heteroatoms. The van der Waals surface area contributed by atoms with Gasteiger partial charge in [0, 0.05) is 20.0 Å². The van der Waals surface area contributed by atoms with Gasteiger partial charge in [0.05, 0.1) is 26.5 Å². The molecule has 0 atom stereocenters. The van der Waals surface area contributed by atoms with Crippen molar-refractivity contribution in [3.8, 4) is 5.75 Å². The molecule has 0 spiro atoms. The fourth-order valence-electron chi connectivity index (χ4n) is 3.54. The number of ether oxygens (including phenoxy) is 1. The van der Waals surface area contributed by atoms with Gasteiger partial charge >= 0.3 is 0 Å². The lowest BCUT2D eigenvalue weighted by molar-refractivity contribution is 0.557. The van der Waals surface area contributed by atoms with E-state index in [1.807, 2.05) is 6.07 Å². The summed E-state index contributed by atoms with van der Waals surface area (Å²) in [4.78, 5) is 15.8. The van der Waals surface area contributed by atoms with Gasteiger partial charge in [0.1, 0.15) is 10.8 Å². The molecule has 0 N–H and O–H groups in total. The van der Waals surface area contributed by atoms with E-state index < -0.39 is 0 Å². The van der Waals surface area contributed by atoms with Crippen LogP contribution in [-0.2, 0) is 0 Å². The molecule has 0 unspecified atom stereocenters. The van der Waals surface area contributed by atoms with Gasteiger partial charge in [-0.3, -0.25) is 0 Å². The molecule has 4 heterocycles. The fourth-order valence-corrected chi connectivity index (χ4v) is 6.30. The molecule has 6 rings (SSSR count). The zero-order valence-electron chi connectivity index (χ0n) is 15.1. The number of aryl methyl sites for hydroxylation is 2. The smallest absolute Gasteiger partial charge is 0.237 e. The minimum atomic E-state index is 0.676. The summed E-state index contributed by atoms with van der Waals surface area (Å²) in [7, 11) is 0. The summed E-state index contributed by atoms with van der Waals surface area (Å²) in [6.07, 6.45) is 0. The van der Waals surface area contributed by atoms with Gasteiger partial charge in [-0.1, -0.05) is 11.8 Å². The molecule has 0 saturated carbocycles. The van der Waals surface area contributed by atoms with Crippen molar-refractivity contribution in [2.75, 3.05) is 0 Å². The number of thioether (sulfide) groups is 1. The zero-order valence-corrected chi connectivity index (χ0v) is 17.6. The molecule has 0 bridgehead atoms. The van der Waals surface area contributed by atoms with Crippen molar-refractivity contribution in [1.29, 1.82) is 0 Å². The SMILES string of the molecule is Cc1ccc(C2=Nc3ccc4c5c(ccc(c35)O2)N=C(c2ccc(C)s2)S4)s1. The summed E-state index contributed by atoms with van der Waals surface area (Å²) in [6.45, 7) is 4.22. The van der Waals surface area contributed by atoms with Crippen molar-refractivity contribution in [1.82, 2.24) is 0 Å². The molecule has 2 aliphatic rings. The molecule has 2 aromatic heterocycles. The van der Waals surface area contributed by atoms with E-state index in [-0.39, 0.29) is 0 Å². The van der Waals surface area contributed by atoms with Crippen molar-refractivity contribution in [3.63, 3.8) is 0 Å². The molecular weight excluding hydrogens is 404 g/mol. The minimum absolute atomic E-state index is 0.676. The van der Waals surface area contributed by atoms with Crippen molar-refractivity contribution in [3.05, 3.63) is 68.0 Å². The molecule has 0 saturated heterocycles. The molecule has 0 aliphatic carbocycles. The first kappa shape index (κ1) is 16.5. The Morgan fingerprint density at radius 1 is 0.714 bits per heavy atom. The quantitative estimate of drug-likeness (QED) is 0.344. The van der Waals surface area contributed by atoms with Gasteiger partial charge in [0.2, 0.25) is 5.90 Å². The summed E-state index contributed by atoms with van der Waals surface area (Å²) < 4.78 is 6.20. The van der Waals surface area contributed by atoms with Crippen LogP contribution in [0.25, 0.3) is 10.8 Å². The van der Waals surface area contributed by atoms with Crippen LogP contribution in [0.1, 0.15) is 19.5 Å². The highest BCUT2D eigenvalue weighted by Gasteiger charge is 2.25. The van der Waals surface area contributed by atoms with E-state index >= 15 is 0 Å². The highest BCUT2D eigenvalue weighted by molar-refractivity contribution is 8.15. The molecule has 3 nitrogen and oxygen atoms in total. The molecule has 0 radical (unpaired) electrons. The van der Waals surface area contributed by atoms with E-state index in [9.17, 15) is 0 Å². The molecule has 2 aliphatic heterocycles. The van der Waals surface area contributed by atoms with Gasteiger partial charge in [-0.05, 0) is 62.4 Å². The standard InChI is InChI=1S/C22H14N2OS3/c1-11-3-8-17(26-11)21-23-13-6-10-16-20-14(5-7-15(25-21)19(13)20)24-22(28-16)18-9-4-12(2)27-18/h3-10H,1-2H3. The number of nitrogens with zero attached hydrogens (tertiary/aromatic N) is 2. The van der Waals surface area contributed by atoms with Gasteiger partial charge in [0.25, 0.3) is 0 Å². The third kappa shape index (κ3) is 2.49. The predicted octanol–water partition coefficient (Wildman–Crippen LogP) is 7.23. The number of thiophene rings is 2. The van der Waals surface area contributed by atoms with Crippen molar-refractivity contribution < 1.29 is 4.74 Å². The summed E-state index contributed by atoms with van der Waals surface area (Å²) >= 11 is 5.21. The average molecular weight is 419 g/mol. The lowest BCUT2D eigenvalue weighted by Crippen LogP contribution is -2.12. The van der Waals surface area contributed by atoms with Gasteiger partial charge in [0.15, 0.2) is 0 Å². The van der Waals surface area contributed by atoms with Crippen LogP contribution >= 0.6 is 34.4 Å². The van der Waals surface area contributed by atoms with Crippen molar-refractivity contribution in [2.45, 2.75) is 18.7 Å². The average Bonchev–Trinajstić information content (AvgIpc) is 3.34. The van der Waals surface area contributed by atoms with Crippen LogP contribution in [-0.4, -0.2) is 10.9 Å². The fraction of sp³-hybridized carbons (Fsp3) is 0.0909. The van der Waals surface area contributed by atoms with Crippen molar-refractivity contribution in [2.24, 2.45) is 9.98 Å². The van der Waals surface area contributed by atoms with Crippen LogP contribution in [0.2, 0.25) is 0 Å². The number of rotatable bonds is 2. The van der Waals surface area contributed by atoms with Gasteiger partial charge in [-0.2, -0.15) is 0 Å². The maximum Gasteiger partial charge on any atom is 0.237 e. The number of aliphatic imine (C=N–C) groups is 2. The Kier molecular flexibility index (Phi) is 3.57. The molecule has 0 amide bonds. The Bertz CT molecular complexity index is 1240. The first-order valence-electron chi connectivity index (χ1n) is 8.92. The Balaban J connectivity index is 1.53. The molecule has 4 aromatic rings. The van der Waals surface area contributed by atoms with Crippen LogP contribution < -0.4 is 4.74 Å². The van der Waals surface area contributed by atoms with Crippen LogP contribution in [0.3, 0.4) is 0 Å². The maximum absolute atomic E-state index is 6.20. The first-order chi connectivity index (χ1) is 13.7. The monoisotopic (exact) mass is 418 g/mol. The lowest BCUT2D eigenvalue weighted by Gasteiger charge is -2.22. The molecular formula is C22H14N2OS3. The Morgan fingerprint density at radius 2 is 1.43 bits per heavy atom. The predicted molar refractivity (Wildman–Crippen MR) is 121 cm³/mol. The third-order valence-corrected chi connectivity index (χ3v) is 7.99. The van der Waals surface area contributed by atoms with E-state index in [1.165, 1.54) is 19.5 Å². The van der Waals surface area contributed by atoms with E-state index in [0.29, 0.717) is 5.90 Å². The van der Waals surface area contributed by atoms with Crippen LogP contribution in [0.4, 0.5) is 11.4 Å². The lowest BCUT2D eigenvalue weighted by atomic mass is 10.0. The summed E-state index contributed by atoms with van der Waals surface area (Å²) in [5.74, 6) is 1.54. The molecule has 28 heavy (non-hydrogen) atoms. The number of hydrogen-bond acceptors (Lipinski definition) is 6. The van der Waals surface area contributed by atoms with E-state index in [1.54, 1.807) is 34.4 Å². The Hall–Kier alpha value is -2.41. The van der Waals surface area contributed by atoms with Crippen LogP contribution in [0, 0.1) is 13.8 Å². The zero-order chi connectivity index (χ0) is 18.8. The summed E-state index contributed by atoms with van der Waals surface area (Å²) in [5.41, 5.74) is 1.94. The largest absolute Gasteiger partial charge is 0.437 e. The van der Waals surface area contributed by atoms with Gasteiger partial charge in [-0.25, -0.2) is 9.98 Å². The van der Waals surface area contributed by atoms with Gasteiger partial charge < -0.3 is 4.74 Å². The van der Waals surface area contributed by atoms with E-state index in [0.717, 1.165) is 37.8 Å². The van der Waals surface area contributed by atoms with Crippen LogP contribution in [0.15, 0.2) is 63.4 Å². The highest BCUT2D eigenvalue weighted by Crippen LogP contribution is 2.50. The second kappa shape index (κ2) is 6.04. The molecule has 136 valence electrons. The normalized spacial score (nSPS) is 14.6.